The third-order valence-corrected chi connectivity index (χ3v) is 6.43. The summed E-state index contributed by atoms with van der Waals surface area (Å²) in [7, 11) is 3.41. The van der Waals surface area contributed by atoms with Gasteiger partial charge in [-0.15, -0.1) is 0 Å². The monoisotopic (exact) mass is 525 g/mol. The van der Waals surface area contributed by atoms with Gasteiger partial charge in [0.25, 0.3) is 5.91 Å². The Hall–Kier alpha value is -4.32. The number of hydrogen-bond donors (Lipinski definition) is 3. The summed E-state index contributed by atoms with van der Waals surface area (Å²) < 4.78 is 50.4. The molecule has 38 heavy (non-hydrogen) atoms. The Balaban J connectivity index is 1.47. The predicted molar refractivity (Wildman–Crippen MR) is 138 cm³/mol. The van der Waals surface area contributed by atoms with E-state index < -0.39 is 29.1 Å². The number of aryl methyl sites for hydroxylation is 1. The standard InChI is InChI=1S/C26H26F3N7O2/c1-14-10-16-22(29)20(12-18(28)23(16)33-14)38-26-21(25(37)30-2)24(31-13-32-26)34-15-4-5-19(17(27)11-15)36-8-6-35(3)7-9-36/h4-5,10-13,33H,6-9H2,1-3H3,(H,30,37)(H,31,32,34). The number of nitrogens with zero attached hydrogens (tertiary/aromatic N) is 4. The smallest absolute Gasteiger partial charge is 0.260 e. The molecule has 0 atom stereocenters. The van der Waals surface area contributed by atoms with Crippen LogP contribution in [0, 0.1) is 24.4 Å². The summed E-state index contributed by atoms with van der Waals surface area (Å²) in [6.45, 7) is 4.75. The van der Waals surface area contributed by atoms with E-state index in [4.69, 9.17) is 4.74 Å². The number of anilines is 3. The molecule has 0 spiro atoms. The second-order valence-corrected chi connectivity index (χ2v) is 9.08. The van der Waals surface area contributed by atoms with Crippen molar-refractivity contribution in [2.24, 2.45) is 0 Å². The van der Waals surface area contributed by atoms with E-state index in [-0.39, 0.29) is 28.2 Å². The number of halogens is 3. The fourth-order valence-electron chi connectivity index (χ4n) is 4.41. The molecular weight excluding hydrogens is 499 g/mol. The highest BCUT2D eigenvalue weighted by Gasteiger charge is 2.24. The molecule has 0 bridgehead atoms. The molecular formula is C26H26F3N7O2. The minimum atomic E-state index is -0.816. The maximum absolute atomic E-state index is 15.1. The van der Waals surface area contributed by atoms with Gasteiger partial charge >= 0.3 is 0 Å². The van der Waals surface area contributed by atoms with Crippen molar-refractivity contribution in [2.75, 3.05) is 50.5 Å². The molecule has 1 saturated heterocycles. The Kier molecular flexibility index (Phi) is 6.81. The lowest BCUT2D eigenvalue weighted by Crippen LogP contribution is -2.44. The van der Waals surface area contributed by atoms with E-state index in [1.807, 2.05) is 11.9 Å². The first-order valence-corrected chi connectivity index (χ1v) is 12.0. The number of ether oxygens (including phenoxy) is 1. The van der Waals surface area contributed by atoms with E-state index in [1.165, 1.54) is 19.2 Å². The summed E-state index contributed by atoms with van der Waals surface area (Å²) in [4.78, 5) is 27.8. The van der Waals surface area contributed by atoms with Gasteiger partial charge in [0.1, 0.15) is 17.7 Å². The zero-order valence-corrected chi connectivity index (χ0v) is 21.0. The van der Waals surface area contributed by atoms with Crippen molar-refractivity contribution in [1.82, 2.24) is 25.2 Å². The van der Waals surface area contributed by atoms with Crippen LogP contribution in [0.4, 0.5) is 30.4 Å². The SMILES string of the molecule is CNC(=O)c1c(Nc2ccc(N3CCN(C)CC3)c(F)c2)ncnc1Oc1cc(F)c2[nH]c(C)cc2c1F. The fourth-order valence-corrected chi connectivity index (χ4v) is 4.41. The molecule has 2 aromatic heterocycles. The molecule has 1 fully saturated rings. The van der Waals surface area contributed by atoms with Crippen LogP contribution < -0.4 is 20.3 Å². The highest BCUT2D eigenvalue weighted by molar-refractivity contribution is 6.01. The van der Waals surface area contributed by atoms with Gasteiger partial charge in [0.2, 0.25) is 5.88 Å². The average Bonchev–Trinajstić information content (AvgIpc) is 3.30. The van der Waals surface area contributed by atoms with Crippen molar-refractivity contribution in [1.29, 1.82) is 0 Å². The quantitative estimate of drug-likeness (QED) is 0.345. The van der Waals surface area contributed by atoms with E-state index >= 15 is 8.78 Å². The van der Waals surface area contributed by atoms with Crippen LogP contribution in [-0.4, -0.2) is 66.0 Å². The van der Waals surface area contributed by atoms with Crippen molar-refractivity contribution in [3.05, 3.63) is 65.4 Å². The molecule has 5 rings (SSSR count). The van der Waals surface area contributed by atoms with Gasteiger partial charge < -0.3 is 30.2 Å². The molecule has 0 aliphatic carbocycles. The first-order valence-electron chi connectivity index (χ1n) is 12.0. The number of nitrogens with one attached hydrogen (secondary N) is 3. The van der Waals surface area contributed by atoms with E-state index in [9.17, 15) is 9.18 Å². The van der Waals surface area contributed by atoms with Gasteiger partial charge in [-0.25, -0.2) is 23.1 Å². The van der Waals surface area contributed by atoms with Crippen molar-refractivity contribution in [3.8, 4) is 11.6 Å². The van der Waals surface area contributed by atoms with Crippen LogP contribution in [0.15, 0.2) is 36.7 Å². The van der Waals surface area contributed by atoms with Crippen LogP contribution in [0.1, 0.15) is 16.1 Å². The number of amides is 1. The number of fused-ring (bicyclic) bond motifs is 1. The summed E-state index contributed by atoms with van der Waals surface area (Å²) in [6, 6.07) is 6.97. The van der Waals surface area contributed by atoms with E-state index in [0.717, 1.165) is 25.5 Å². The average molecular weight is 526 g/mol. The van der Waals surface area contributed by atoms with Crippen LogP contribution >= 0.6 is 0 Å². The minimum Gasteiger partial charge on any atom is -0.435 e. The number of piperazine rings is 1. The molecule has 0 radical (unpaired) electrons. The fraction of sp³-hybridized carbons (Fsp3) is 0.269. The Morgan fingerprint density at radius 3 is 2.53 bits per heavy atom. The molecule has 9 nitrogen and oxygen atoms in total. The third-order valence-electron chi connectivity index (χ3n) is 6.43. The summed E-state index contributed by atoms with van der Waals surface area (Å²) in [6.07, 6.45) is 1.10. The number of rotatable bonds is 6. The number of aromatic nitrogens is 3. The van der Waals surface area contributed by atoms with E-state index in [1.54, 1.807) is 19.1 Å². The van der Waals surface area contributed by atoms with Crippen molar-refractivity contribution >= 4 is 34.0 Å². The normalized spacial score (nSPS) is 14.1. The lowest BCUT2D eigenvalue weighted by molar-refractivity contribution is 0.0960. The Morgan fingerprint density at radius 1 is 1.05 bits per heavy atom. The topological polar surface area (TPSA) is 98.4 Å². The van der Waals surface area contributed by atoms with Gasteiger partial charge in [-0.2, -0.15) is 0 Å². The van der Waals surface area contributed by atoms with Crippen LogP contribution in [0.2, 0.25) is 0 Å². The number of benzene rings is 2. The first kappa shape index (κ1) is 25.3. The second kappa shape index (κ2) is 10.2. The van der Waals surface area contributed by atoms with Crippen molar-refractivity contribution < 1.29 is 22.7 Å². The highest BCUT2D eigenvalue weighted by Crippen LogP contribution is 2.35. The second-order valence-electron chi connectivity index (χ2n) is 9.08. The number of H-pyrrole nitrogens is 1. The van der Waals surface area contributed by atoms with Gasteiger partial charge in [0.15, 0.2) is 23.2 Å². The van der Waals surface area contributed by atoms with Gasteiger partial charge in [-0.05, 0) is 38.2 Å². The first-order chi connectivity index (χ1) is 18.2. The summed E-state index contributed by atoms with van der Waals surface area (Å²) in [5, 5.41) is 5.38. The molecule has 1 amide bonds. The zero-order valence-electron chi connectivity index (χ0n) is 21.0. The number of hydrogen-bond acceptors (Lipinski definition) is 7. The van der Waals surface area contributed by atoms with Crippen LogP contribution in [0.25, 0.3) is 10.9 Å². The number of carbonyl (C=O) groups is 1. The Bertz CT molecular complexity index is 1520. The van der Waals surface area contributed by atoms with Crippen LogP contribution in [0.5, 0.6) is 11.6 Å². The van der Waals surface area contributed by atoms with Gasteiger partial charge in [0.05, 0.1) is 11.2 Å². The maximum atomic E-state index is 15.1. The van der Waals surface area contributed by atoms with Gasteiger partial charge in [-0.3, -0.25) is 4.79 Å². The lowest BCUT2D eigenvalue weighted by Gasteiger charge is -2.34. The lowest BCUT2D eigenvalue weighted by atomic mass is 10.2. The van der Waals surface area contributed by atoms with E-state index in [0.29, 0.717) is 30.2 Å². The van der Waals surface area contributed by atoms with Gasteiger partial charge in [0, 0.05) is 56.1 Å². The molecule has 3 heterocycles. The minimum absolute atomic E-state index is 0.000504. The number of likely N-dealkylation sites (N-methyl/N-ethyl adjacent to an activating group) is 1. The molecule has 12 heteroatoms. The van der Waals surface area contributed by atoms with Gasteiger partial charge in [-0.1, -0.05) is 0 Å². The molecule has 4 aromatic rings. The summed E-state index contributed by atoms with van der Waals surface area (Å²) in [5.74, 6) is -3.37. The molecule has 198 valence electrons. The van der Waals surface area contributed by atoms with Crippen LogP contribution in [0.3, 0.4) is 0 Å². The largest absolute Gasteiger partial charge is 0.435 e. The van der Waals surface area contributed by atoms with Crippen molar-refractivity contribution in [2.45, 2.75) is 6.92 Å². The third kappa shape index (κ3) is 4.82. The molecule has 0 unspecified atom stereocenters. The van der Waals surface area contributed by atoms with Crippen molar-refractivity contribution in [3.63, 3.8) is 0 Å². The zero-order chi connectivity index (χ0) is 27.0. The highest BCUT2D eigenvalue weighted by atomic mass is 19.1. The Labute approximate surface area is 216 Å². The number of aromatic amines is 1. The Morgan fingerprint density at radius 2 is 1.82 bits per heavy atom. The van der Waals surface area contributed by atoms with E-state index in [2.05, 4.69) is 30.5 Å². The van der Waals surface area contributed by atoms with Crippen LogP contribution in [-0.2, 0) is 0 Å². The molecule has 1 aliphatic heterocycles. The number of carbonyl (C=O) groups excluding carboxylic acids is 1. The molecule has 1 aliphatic rings. The molecule has 0 saturated carbocycles. The predicted octanol–water partition coefficient (Wildman–Crippen LogP) is 4.33. The summed E-state index contributed by atoms with van der Waals surface area (Å²) >= 11 is 0. The maximum Gasteiger partial charge on any atom is 0.260 e. The molecule has 3 N–H and O–H groups in total. The molecule has 2 aromatic carbocycles. The summed E-state index contributed by atoms with van der Waals surface area (Å²) in [5.41, 5.74) is 1.22.